The molecule has 0 unspecified atom stereocenters. The van der Waals surface area contributed by atoms with E-state index in [2.05, 4.69) is 10.9 Å². The molecular weight excluding hydrogens is 169 g/mol. The second-order valence-electron chi connectivity index (χ2n) is 0.204. The number of terminal acetylenes is 1. The summed E-state index contributed by atoms with van der Waals surface area (Å²) in [6.45, 7) is 0. The van der Waals surface area contributed by atoms with E-state index in [1.54, 1.807) is 0 Å². The van der Waals surface area contributed by atoms with E-state index in [0.29, 0.717) is 0 Å². The molecule has 0 aromatic rings. The van der Waals surface area contributed by atoms with E-state index >= 15 is 0 Å². The zero-order valence-corrected chi connectivity index (χ0v) is 6.87. The average Bonchev–Trinajstić information content (AvgIpc) is 0.918. The van der Waals surface area contributed by atoms with Gasteiger partial charge in [-0.1, -0.05) is 0 Å². The summed E-state index contributed by atoms with van der Waals surface area (Å²) in [4.78, 5) is 0. The number of rotatable bonds is 0. The van der Waals surface area contributed by atoms with Crippen LogP contribution in [0.2, 0.25) is 0 Å². The van der Waals surface area contributed by atoms with Crippen LogP contribution in [0.4, 0.5) is 0 Å². The van der Waals surface area contributed by atoms with Crippen molar-refractivity contribution in [3.8, 4) is 10.9 Å². The van der Waals surface area contributed by atoms with Gasteiger partial charge in [-0.3, -0.25) is 0 Å². The van der Waals surface area contributed by atoms with Crippen molar-refractivity contribution in [3.05, 3.63) is 0 Å². The minimum absolute atomic E-state index is 0. The average molecular weight is 171 g/mol. The Hall–Kier alpha value is 0.663. The minimum atomic E-state index is 0. The van der Waals surface area contributed by atoms with E-state index in [-0.39, 0.29) is 17.0 Å². The standard InChI is InChI=1S/C2H.BrH.Zn/c1-2;;/h1H;1H;. The molecule has 19 valence electrons. The number of hydrogen-bond donors (Lipinski definition) is 0. The summed E-state index contributed by atoms with van der Waals surface area (Å²) in [5.74, 6) is 0. The van der Waals surface area contributed by atoms with Gasteiger partial charge in [0, 0.05) is 0 Å². The first kappa shape index (κ1) is 8.82. The Morgan fingerprint density at radius 2 is 1.75 bits per heavy atom. The van der Waals surface area contributed by atoms with Gasteiger partial charge < -0.3 is 0 Å². The van der Waals surface area contributed by atoms with Gasteiger partial charge in [0.25, 0.3) is 0 Å². The molecule has 0 amide bonds. The van der Waals surface area contributed by atoms with Gasteiger partial charge in [-0.25, -0.2) is 0 Å². The van der Waals surface area contributed by atoms with Crippen molar-refractivity contribution in [1.82, 2.24) is 0 Å². The Bertz CT molecular complexity index is 27.5. The molecule has 0 heterocycles. The van der Waals surface area contributed by atoms with E-state index in [1.807, 2.05) is 0 Å². The Morgan fingerprint density at radius 1 is 1.75 bits per heavy atom. The van der Waals surface area contributed by atoms with Crippen LogP contribution in [0.5, 0.6) is 0 Å². The molecule has 0 radical (unpaired) electrons. The van der Waals surface area contributed by atoms with E-state index in [0.717, 1.165) is 18.3 Å². The second kappa shape index (κ2) is 9.39. The summed E-state index contributed by atoms with van der Waals surface area (Å²) in [5, 5.41) is 0. The topological polar surface area (TPSA) is 0 Å². The molecule has 0 aromatic heterocycles. The van der Waals surface area contributed by atoms with Crippen molar-refractivity contribution in [2.45, 2.75) is 0 Å². The first-order valence-corrected chi connectivity index (χ1v) is 2.13. The number of halogens is 1. The van der Waals surface area contributed by atoms with Gasteiger partial charge in [0.05, 0.1) is 0 Å². The maximum atomic E-state index is 4.65. The van der Waals surface area contributed by atoms with Crippen LogP contribution in [0.1, 0.15) is 0 Å². The zero-order valence-electron chi connectivity index (χ0n) is 2.19. The summed E-state index contributed by atoms with van der Waals surface area (Å²) < 4.78 is 2.38. The second-order valence-corrected chi connectivity index (χ2v) is 1.06. The van der Waals surface area contributed by atoms with Crippen molar-refractivity contribution in [2.24, 2.45) is 0 Å². The molecule has 0 spiro atoms. The molecule has 0 atom stereocenters. The van der Waals surface area contributed by atoms with Crippen LogP contribution in [0, 0.1) is 10.9 Å². The van der Waals surface area contributed by atoms with Crippen LogP contribution in [-0.4, -0.2) is 0 Å². The molecule has 0 aliphatic carbocycles. The molecule has 0 fully saturated rings. The number of hydrogen-bond acceptors (Lipinski definition) is 0. The van der Waals surface area contributed by atoms with Crippen molar-refractivity contribution < 1.29 is 18.3 Å². The third kappa shape index (κ3) is 16.7. The fourth-order valence-electron chi connectivity index (χ4n) is 0. The molecule has 0 nitrogen and oxygen atoms in total. The van der Waals surface area contributed by atoms with Gasteiger partial charge in [0.1, 0.15) is 0 Å². The van der Waals surface area contributed by atoms with Gasteiger partial charge in [-0.15, -0.1) is 17.0 Å². The van der Waals surface area contributed by atoms with Crippen molar-refractivity contribution in [2.75, 3.05) is 0 Å². The van der Waals surface area contributed by atoms with E-state index < -0.39 is 0 Å². The summed E-state index contributed by atoms with van der Waals surface area (Å²) in [6.07, 6.45) is 4.65. The normalized spacial score (nSPS) is 2.25. The molecule has 2 heteroatoms. The fourth-order valence-corrected chi connectivity index (χ4v) is 0. The molecule has 0 bridgehead atoms. The van der Waals surface area contributed by atoms with Crippen LogP contribution in [0.15, 0.2) is 0 Å². The SMILES string of the molecule is Br.C#[C][Zn]. The summed E-state index contributed by atoms with van der Waals surface area (Å²) in [6, 6.07) is 0. The van der Waals surface area contributed by atoms with Gasteiger partial charge in [-0.05, 0) is 0 Å². The Labute approximate surface area is 46.4 Å². The maximum absolute atomic E-state index is 4.65. The third-order valence-electron chi connectivity index (χ3n) is 0. The first-order chi connectivity index (χ1) is 1.41. The molecule has 0 aliphatic heterocycles. The van der Waals surface area contributed by atoms with Crippen LogP contribution in [-0.2, 0) is 18.3 Å². The van der Waals surface area contributed by atoms with Gasteiger partial charge in [0.15, 0.2) is 0 Å². The predicted molar refractivity (Wildman–Crippen MR) is 19.2 cm³/mol. The molecule has 4 heavy (non-hydrogen) atoms. The monoisotopic (exact) mass is 169 g/mol. The summed E-state index contributed by atoms with van der Waals surface area (Å²) in [5.41, 5.74) is 0. The predicted octanol–water partition coefficient (Wildman–Crippen LogP) is 0.702. The molecule has 0 aromatic carbocycles. The zero-order chi connectivity index (χ0) is 2.71. The van der Waals surface area contributed by atoms with Crippen LogP contribution < -0.4 is 0 Å². The first-order valence-electron chi connectivity index (χ1n) is 0.642. The molecular formula is C2H2BrZn. The van der Waals surface area contributed by atoms with E-state index in [4.69, 9.17) is 0 Å². The quantitative estimate of drug-likeness (QED) is 0.372. The molecule has 0 aliphatic rings. The van der Waals surface area contributed by atoms with Crippen molar-refractivity contribution in [3.63, 3.8) is 0 Å². The van der Waals surface area contributed by atoms with E-state index in [9.17, 15) is 0 Å². The Balaban J connectivity index is 0. The summed E-state index contributed by atoms with van der Waals surface area (Å²) in [7, 11) is 0. The van der Waals surface area contributed by atoms with Crippen molar-refractivity contribution >= 4 is 17.0 Å². The molecule has 0 saturated heterocycles. The third-order valence-corrected chi connectivity index (χ3v) is 0. The Kier molecular flexibility index (Phi) is 20.7. The molecule has 0 saturated carbocycles. The van der Waals surface area contributed by atoms with Gasteiger partial charge in [0.2, 0.25) is 0 Å². The van der Waals surface area contributed by atoms with Crippen molar-refractivity contribution in [1.29, 1.82) is 0 Å². The molecule has 0 N–H and O–H groups in total. The Morgan fingerprint density at radius 3 is 1.75 bits per heavy atom. The van der Waals surface area contributed by atoms with Gasteiger partial charge in [-0.2, -0.15) is 0 Å². The fraction of sp³-hybridized carbons (Fsp3) is 0. The van der Waals surface area contributed by atoms with Crippen LogP contribution in [0.25, 0.3) is 0 Å². The van der Waals surface area contributed by atoms with Crippen LogP contribution in [0.3, 0.4) is 0 Å². The van der Waals surface area contributed by atoms with Crippen LogP contribution >= 0.6 is 17.0 Å². The summed E-state index contributed by atoms with van der Waals surface area (Å²) >= 11 is 0.972. The van der Waals surface area contributed by atoms with Gasteiger partial charge >= 0.3 is 29.2 Å². The molecule has 0 rings (SSSR count). The van der Waals surface area contributed by atoms with E-state index in [1.165, 1.54) is 0 Å².